The maximum Gasteiger partial charge on any atom is 0.235 e. The fourth-order valence-corrected chi connectivity index (χ4v) is 0.299. The fraction of sp³-hybridized carbons (Fsp3) is 0.167. The molecule has 5 heteroatoms. The van der Waals surface area contributed by atoms with Crippen LogP contribution < -0.4 is 10.9 Å². The van der Waals surface area contributed by atoms with Gasteiger partial charge in [0.05, 0.1) is 0 Å². The van der Waals surface area contributed by atoms with Crippen molar-refractivity contribution in [3.8, 4) is 12.1 Å². The highest BCUT2D eigenvalue weighted by Gasteiger charge is 1.89. The van der Waals surface area contributed by atoms with Crippen LogP contribution in [0.2, 0.25) is 0 Å². The molecule has 0 saturated carbocycles. The maximum atomic E-state index is 10.2. The molecule has 0 heterocycles. The van der Waals surface area contributed by atoms with Crippen LogP contribution in [0, 0.1) is 22.7 Å². The minimum absolute atomic E-state index is 0.0984. The average molecular weight is 150 g/mol. The van der Waals surface area contributed by atoms with Gasteiger partial charge in [-0.25, -0.2) is 0 Å². The number of hydrogen-bond acceptors (Lipinski definition) is 4. The Morgan fingerprint density at radius 3 is 2.36 bits per heavy atom. The zero-order valence-corrected chi connectivity index (χ0v) is 5.88. The first-order chi connectivity index (χ1) is 5.20. The number of rotatable bonds is 2. The third-order valence-electron chi connectivity index (χ3n) is 0.706. The summed E-state index contributed by atoms with van der Waals surface area (Å²) in [6, 6.07) is 3.22. The van der Waals surface area contributed by atoms with E-state index in [-0.39, 0.29) is 11.5 Å². The Kier molecular flexibility index (Phi) is 3.95. The van der Waals surface area contributed by atoms with Gasteiger partial charge >= 0.3 is 0 Å². The zero-order chi connectivity index (χ0) is 8.69. The Labute approximate surface area is 63.9 Å². The predicted molar refractivity (Wildman–Crippen MR) is 36.3 cm³/mol. The summed E-state index contributed by atoms with van der Waals surface area (Å²) in [6.45, 7) is 1.30. The van der Waals surface area contributed by atoms with Gasteiger partial charge in [0, 0.05) is 13.1 Å². The summed E-state index contributed by atoms with van der Waals surface area (Å²) in [6.07, 6.45) is 1.11. The van der Waals surface area contributed by atoms with Crippen molar-refractivity contribution in [1.82, 2.24) is 10.9 Å². The van der Waals surface area contributed by atoms with Crippen molar-refractivity contribution in [3.05, 3.63) is 11.8 Å². The summed E-state index contributed by atoms with van der Waals surface area (Å²) in [5.41, 5.74) is 4.36. The van der Waals surface area contributed by atoms with Crippen LogP contribution in [-0.4, -0.2) is 5.91 Å². The van der Waals surface area contributed by atoms with Crippen molar-refractivity contribution >= 4 is 5.91 Å². The molecule has 0 aromatic carbocycles. The Bertz CT molecular complexity index is 239. The number of hydrogen-bond donors (Lipinski definition) is 2. The van der Waals surface area contributed by atoms with Crippen LogP contribution in [0.5, 0.6) is 0 Å². The molecular weight excluding hydrogens is 144 g/mol. The normalized spacial score (nSPS) is 6.82. The van der Waals surface area contributed by atoms with E-state index in [2.05, 4.69) is 10.9 Å². The minimum atomic E-state index is -0.295. The molecule has 0 saturated heterocycles. The lowest BCUT2D eigenvalue weighted by Crippen LogP contribution is -2.31. The molecule has 0 aromatic rings. The Hall–Kier alpha value is -2.01. The number of amides is 1. The molecule has 0 aliphatic carbocycles. The van der Waals surface area contributed by atoms with Crippen LogP contribution in [-0.2, 0) is 4.79 Å². The highest BCUT2D eigenvalue weighted by molar-refractivity contribution is 5.72. The molecule has 0 aromatic heterocycles. The van der Waals surface area contributed by atoms with E-state index in [1.807, 2.05) is 0 Å². The van der Waals surface area contributed by atoms with E-state index in [1.165, 1.54) is 6.92 Å². The van der Waals surface area contributed by atoms with Crippen LogP contribution in [0.1, 0.15) is 6.92 Å². The summed E-state index contributed by atoms with van der Waals surface area (Å²) in [5, 5.41) is 16.4. The number of allylic oxidation sites excluding steroid dienone is 1. The van der Waals surface area contributed by atoms with Gasteiger partial charge in [-0.3, -0.25) is 10.2 Å². The third kappa shape index (κ3) is 4.49. The van der Waals surface area contributed by atoms with Crippen LogP contribution in [0.3, 0.4) is 0 Å². The van der Waals surface area contributed by atoms with Crippen LogP contribution in [0.15, 0.2) is 11.8 Å². The second kappa shape index (κ2) is 4.83. The van der Waals surface area contributed by atoms with Crippen molar-refractivity contribution in [2.24, 2.45) is 0 Å². The molecule has 0 fully saturated rings. The van der Waals surface area contributed by atoms with E-state index < -0.39 is 0 Å². The largest absolute Gasteiger partial charge is 0.304 e. The molecule has 0 spiro atoms. The first-order valence-corrected chi connectivity index (χ1v) is 2.73. The molecule has 0 bridgehead atoms. The van der Waals surface area contributed by atoms with Gasteiger partial charge in [0.15, 0.2) is 0 Å². The molecule has 11 heavy (non-hydrogen) atoms. The van der Waals surface area contributed by atoms with Crippen molar-refractivity contribution in [1.29, 1.82) is 10.5 Å². The second-order valence-corrected chi connectivity index (χ2v) is 1.61. The number of hydrazine groups is 1. The van der Waals surface area contributed by atoms with Gasteiger partial charge < -0.3 is 5.43 Å². The monoisotopic (exact) mass is 150 g/mol. The highest BCUT2D eigenvalue weighted by atomic mass is 16.2. The van der Waals surface area contributed by atoms with Crippen LogP contribution >= 0.6 is 0 Å². The highest BCUT2D eigenvalue weighted by Crippen LogP contribution is 1.82. The van der Waals surface area contributed by atoms with Crippen LogP contribution in [0.25, 0.3) is 0 Å². The van der Waals surface area contributed by atoms with Gasteiger partial charge in [-0.1, -0.05) is 0 Å². The first kappa shape index (κ1) is 8.99. The quantitative estimate of drug-likeness (QED) is 0.412. The van der Waals surface area contributed by atoms with Crippen molar-refractivity contribution in [2.45, 2.75) is 6.92 Å². The minimum Gasteiger partial charge on any atom is -0.304 e. The van der Waals surface area contributed by atoms with E-state index >= 15 is 0 Å². The van der Waals surface area contributed by atoms with Gasteiger partial charge in [0.25, 0.3) is 0 Å². The standard InChI is InChI=1S/C6H6N4O/c1-5(11)10-9-4-6(2-7)3-8/h4,9H,1H3,(H,10,11). The molecule has 0 rings (SSSR count). The maximum absolute atomic E-state index is 10.2. The van der Waals surface area contributed by atoms with Crippen molar-refractivity contribution in [3.63, 3.8) is 0 Å². The summed E-state index contributed by atoms with van der Waals surface area (Å²) in [4.78, 5) is 10.2. The SMILES string of the molecule is CC(=O)NNC=C(C#N)C#N. The number of nitrogens with zero attached hydrogens (tertiary/aromatic N) is 2. The number of carbonyl (C=O) groups excluding carboxylic acids is 1. The molecule has 0 aliphatic rings. The van der Waals surface area contributed by atoms with Crippen molar-refractivity contribution in [2.75, 3.05) is 0 Å². The summed E-state index contributed by atoms with van der Waals surface area (Å²) < 4.78 is 0. The first-order valence-electron chi connectivity index (χ1n) is 2.73. The molecule has 0 unspecified atom stereocenters. The molecule has 1 amide bonds. The molecule has 5 nitrogen and oxygen atoms in total. The third-order valence-corrected chi connectivity index (χ3v) is 0.706. The summed E-state index contributed by atoms with van der Waals surface area (Å²) in [5.74, 6) is -0.295. The van der Waals surface area contributed by atoms with Gasteiger partial charge in [-0.2, -0.15) is 10.5 Å². The summed E-state index contributed by atoms with van der Waals surface area (Å²) >= 11 is 0. The molecule has 0 radical (unpaired) electrons. The zero-order valence-electron chi connectivity index (χ0n) is 5.88. The summed E-state index contributed by atoms with van der Waals surface area (Å²) in [7, 11) is 0. The van der Waals surface area contributed by atoms with Crippen molar-refractivity contribution < 1.29 is 4.79 Å². The van der Waals surface area contributed by atoms with Crippen LogP contribution in [0.4, 0.5) is 0 Å². The fourth-order valence-electron chi connectivity index (χ4n) is 0.299. The second-order valence-electron chi connectivity index (χ2n) is 1.61. The average Bonchev–Trinajstić information content (AvgIpc) is 1.98. The van der Waals surface area contributed by atoms with Gasteiger partial charge in [-0.15, -0.1) is 0 Å². The van der Waals surface area contributed by atoms with Gasteiger partial charge in [0.2, 0.25) is 5.91 Å². The molecule has 0 atom stereocenters. The van der Waals surface area contributed by atoms with E-state index in [9.17, 15) is 4.79 Å². The van der Waals surface area contributed by atoms with E-state index in [1.54, 1.807) is 12.1 Å². The lowest BCUT2D eigenvalue weighted by molar-refractivity contribution is -0.119. The van der Waals surface area contributed by atoms with E-state index in [0.29, 0.717) is 0 Å². The number of nitriles is 2. The Morgan fingerprint density at radius 1 is 1.45 bits per heavy atom. The molecule has 56 valence electrons. The number of nitrogens with one attached hydrogen (secondary N) is 2. The molecule has 0 aliphatic heterocycles. The van der Waals surface area contributed by atoms with E-state index in [4.69, 9.17) is 10.5 Å². The Morgan fingerprint density at radius 2 is 2.00 bits per heavy atom. The topological polar surface area (TPSA) is 88.7 Å². The smallest absolute Gasteiger partial charge is 0.235 e. The van der Waals surface area contributed by atoms with E-state index in [0.717, 1.165) is 6.20 Å². The van der Waals surface area contributed by atoms with Gasteiger partial charge in [-0.05, 0) is 0 Å². The predicted octanol–water partition coefficient (Wildman–Crippen LogP) is -0.442. The van der Waals surface area contributed by atoms with Gasteiger partial charge in [0.1, 0.15) is 17.7 Å². The number of carbonyl (C=O) groups is 1. The lowest BCUT2D eigenvalue weighted by Gasteiger charge is -1.97. The molecule has 2 N–H and O–H groups in total. The lowest BCUT2D eigenvalue weighted by atomic mass is 10.4. The molecular formula is C6H6N4O. The Balaban J connectivity index is 3.86.